The molecular formula is C24H18N4O2S3. The monoisotopic (exact) mass is 490 g/mol. The summed E-state index contributed by atoms with van der Waals surface area (Å²) in [6.07, 6.45) is 2.15. The van der Waals surface area contributed by atoms with E-state index in [-0.39, 0.29) is 11.8 Å². The minimum absolute atomic E-state index is 0.162. The fourth-order valence-corrected chi connectivity index (χ4v) is 6.64. The van der Waals surface area contributed by atoms with E-state index in [1.807, 2.05) is 61.2 Å². The van der Waals surface area contributed by atoms with Gasteiger partial charge in [0.25, 0.3) is 11.8 Å². The lowest BCUT2D eigenvalue weighted by Crippen LogP contribution is -2.46. The van der Waals surface area contributed by atoms with Gasteiger partial charge in [0.05, 0.1) is 32.7 Å². The van der Waals surface area contributed by atoms with Crippen LogP contribution < -0.4 is 10.2 Å². The summed E-state index contributed by atoms with van der Waals surface area (Å²) in [6, 6.07) is 13.9. The molecule has 2 amide bonds. The van der Waals surface area contributed by atoms with Gasteiger partial charge in [-0.05, 0) is 31.6 Å². The molecule has 3 aromatic rings. The Labute approximate surface area is 203 Å². The number of carbonyl (C=O) groups is 2. The number of thioether (sulfide) groups is 2. The molecule has 0 bridgehead atoms. The first-order valence-electron chi connectivity index (χ1n) is 10.4. The molecule has 33 heavy (non-hydrogen) atoms. The highest BCUT2D eigenvalue weighted by atomic mass is 32.2. The number of hydrogen-bond acceptors (Lipinski definition) is 6. The fourth-order valence-electron chi connectivity index (χ4n) is 4.65. The molecule has 4 heterocycles. The normalized spacial score (nSPS) is 21.0. The summed E-state index contributed by atoms with van der Waals surface area (Å²) in [5, 5.41) is 3.49. The molecule has 0 saturated carbocycles. The summed E-state index contributed by atoms with van der Waals surface area (Å²) in [6.45, 7) is 4.05. The van der Waals surface area contributed by atoms with Crippen molar-refractivity contribution in [2.24, 2.45) is 0 Å². The second-order valence-electron chi connectivity index (χ2n) is 8.56. The Morgan fingerprint density at radius 1 is 1.12 bits per heavy atom. The summed E-state index contributed by atoms with van der Waals surface area (Å²) in [5.74, 6) is 0.231. The maximum atomic E-state index is 13.6. The number of benzene rings is 2. The highest BCUT2D eigenvalue weighted by Gasteiger charge is 2.47. The first-order valence-corrected chi connectivity index (χ1v) is 12.6. The number of nitrogens with zero attached hydrogens (tertiary/aromatic N) is 2. The van der Waals surface area contributed by atoms with E-state index in [1.165, 1.54) is 0 Å². The third kappa shape index (κ3) is 3.18. The van der Waals surface area contributed by atoms with Gasteiger partial charge >= 0.3 is 0 Å². The van der Waals surface area contributed by atoms with Gasteiger partial charge in [-0.25, -0.2) is 4.98 Å². The summed E-state index contributed by atoms with van der Waals surface area (Å²) in [7, 11) is 0. The number of hydrogen-bond donors (Lipinski definition) is 2. The number of fused-ring (bicyclic) bond motifs is 1. The van der Waals surface area contributed by atoms with Crippen LogP contribution in [0.3, 0.4) is 0 Å². The second-order valence-corrected chi connectivity index (χ2v) is 11.2. The van der Waals surface area contributed by atoms with Crippen molar-refractivity contribution in [1.29, 1.82) is 0 Å². The Balaban J connectivity index is 1.42. The molecule has 0 atom stereocenters. The molecule has 0 spiro atoms. The molecule has 164 valence electrons. The van der Waals surface area contributed by atoms with Crippen LogP contribution in [0.25, 0.3) is 22.2 Å². The van der Waals surface area contributed by atoms with Crippen molar-refractivity contribution in [1.82, 2.24) is 15.3 Å². The molecule has 1 fully saturated rings. The van der Waals surface area contributed by atoms with Crippen LogP contribution in [-0.2, 0) is 9.59 Å². The number of rotatable bonds is 3. The van der Waals surface area contributed by atoms with Gasteiger partial charge in [0.1, 0.15) is 4.32 Å². The predicted molar refractivity (Wildman–Crippen MR) is 138 cm³/mol. The van der Waals surface area contributed by atoms with Gasteiger partial charge < -0.3 is 10.3 Å². The molecule has 0 unspecified atom stereocenters. The lowest BCUT2D eigenvalue weighted by molar-refractivity contribution is -0.116. The number of nitrogens with one attached hydrogen (secondary N) is 2. The van der Waals surface area contributed by atoms with Crippen LogP contribution in [0.4, 0.5) is 5.69 Å². The predicted octanol–water partition coefficient (Wildman–Crippen LogP) is 4.74. The van der Waals surface area contributed by atoms with E-state index >= 15 is 0 Å². The highest BCUT2D eigenvalue weighted by Crippen LogP contribution is 2.51. The van der Waals surface area contributed by atoms with Gasteiger partial charge in [-0.2, -0.15) is 0 Å². The van der Waals surface area contributed by atoms with Gasteiger partial charge in [0, 0.05) is 16.9 Å². The van der Waals surface area contributed by atoms with E-state index < -0.39 is 5.54 Å². The molecule has 1 saturated heterocycles. The van der Waals surface area contributed by atoms with Crippen LogP contribution in [0.5, 0.6) is 0 Å². The second kappa shape index (κ2) is 7.31. The summed E-state index contributed by atoms with van der Waals surface area (Å²) in [5.41, 5.74) is 5.63. The minimum Gasteiger partial charge on any atom is -0.333 e. The largest absolute Gasteiger partial charge is 0.333 e. The van der Waals surface area contributed by atoms with E-state index in [4.69, 9.17) is 12.2 Å². The number of H-pyrrole nitrogens is 1. The number of imidazole rings is 1. The lowest BCUT2D eigenvalue weighted by atomic mass is 9.89. The molecule has 1 aromatic heterocycles. The maximum Gasteiger partial charge on any atom is 0.264 e. The Morgan fingerprint density at radius 3 is 2.67 bits per heavy atom. The lowest BCUT2D eigenvalue weighted by Gasteiger charge is -2.39. The average molecular weight is 491 g/mol. The van der Waals surface area contributed by atoms with Crippen molar-refractivity contribution in [3.8, 4) is 0 Å². The van der Waals surface area contributed by atoms with E-state index in [0.717, 1.165) is 50.3 Å². The number of aromatic amines is 1. The maximum absolute atomic E-state index is 13.6. The summed E-state index contributed by atoms with van der Waals surface area (Å²) < 4.78 is 0.377. The van der Waals surface area contributed by atoms with E-state index in [9.17, 15) is 9.59 Å². The van der Waals surface area contributed by atoms with Crippen molar-refractivity contribution in [2.45, 2.75) is 24.5 Å². The number of aromatic nitrogens is 2. The average Bonchev–Trinajstić information content (AvgIpc) is 3.42. The van der Waals surface area contributed by atoms with Crippen LogP contribution in [0.1, 0.15) is 25.0 Å². The Morgan fingerprint density at radius 2 is 1.91 bits per heavy atom. The number of thiocarbonyl (C=S) groups is 1. The third-order valence-corrected chi connectivity index (χ3v) is 8.13. The summed E-state index contributed by atoms with van der Waals surface area (Å²) in [4.78, 5) is 36.3. The fraction of sp³-hybridized carbons (Fsp3) is 0.167. The van der Waals surface area contributed by atoms with Gasteiger partial charge in [-0.1, -0.05) is 72.1 Å². The number of amides is 2. The van der Waals surface area contributed by atoms with Crippen LogP contribution in [-0.4, -0.2) is 37.4 Å². The molecule has 3 aliphatic heterocycles. The molecular weight excluding hydrogens is 472 g/mol. The quantitative estimate of drug-likeness (QED) is 0.314. The molecule has 6 rings (SSSR count). The number of anilines is 1. The third-order valence-electron chi connectivity index (χ3n) is 5.97. The number of para-hydroxylation sites is 3. The van der Waals surface area contributed by atoms with Crippen LogP contribution in [0.2, 0.25) is 0 Å². The van der Waals surface area contributed by atoms with Crippen LogP contribution in [0, 0.1) is 0 Å². The Hall–Kier alpha value is -2.88. The van der Waals surface area contributed by atoms with Crippen LogP contribution >= 0.6 is 35.7 Å². The first kappa shape index (κ1) is 20.7. The van der Waals surface area contributed by atoms with Crippen molar-refractivity contribution in [2.75, 3.05) is 10.7 Å². The standard InChI is InChI=1S/C24H18N4O2S3/c1-24(2)10-12(11-32-22-25-15-8-3-4-9-16(15)26-22)13-6-5-7-14-17(21(30)28(24)18(13)14)19-20(29)27-23(31)33-19/h3-10H,11H2,1-2H3,(H,25,26)(H,27,29,31). The van der Waals surface area contributed by atoms with Crippen molar-refractivity contribution < 1.29 is 9.59 Å². The Kier molecular flexibility index (Phi) is 4.59. The molecule has 9 heteroatoms. The van der Waals surface area contributed by atoms with Crippen molar-refractivity contribution in [3.63, 3.8) is 0 Å². The van der Waals surface area contributed by atoms with Gasteiger partial charge in [-0.15, -0.1) is 0 Å². The molecule has 0 aliphatic carbocycles. The van der Waals surface area contributed by atoms with E-state index in [0.29, 0.717) is 20.6 Å². The van der Waals surface area contributed by atoms with Crippen LogP contribution in [0.15, 0.2) is 58.6 Å². The van der Waals surface area contributed by atoms with E-state index in [2.05, 4.69) is 21.4 Å². The number of carbonyl (C=O) groups excluding carboxylic acids is 2. The molecule has 6 nitrogen and oxygen atoms in total. The smallest absolute Gasteiger partial charge is 0.264 e. The zero-order valence-electron chi connectivity index (χ0n) is 17.8. The van der Waals surface area contributed by atoms with Gasteiger partial charge in [0.2, 0.25) is 0 Å². The summed E-state index contributed by atoms with van der Waals surface area (Å²) >= 11 is 7.95. The van der Waals surface area contributed by atoms with Crippen molar-refractivity contribution >= 4 is 79.7 Å². The molecule has 2 N–H and O–H groups in total. The zero-order chi connectivity index (χ0) is 22.9. The molecule has 2 aromatic carbocycles. The SMILES string of the molecule is CC1(C)C=C(CSc2nc3ccccc3[nH]2)c2cccc3c2N1C(=O)C3=C1SC(=S)NC1=O. The van der Waals surface area contributed by atoms with E-state index in [1.54, 1.807) is 11.8 Å². The topological polar surface area (TPSA) is 78.1 Å². The molecule has 0 radical (unpaired) electrons. The van der Waals surface area contributed by atoms with Gasteiger partial charge in [-0.3, -0.25) is 14.5 Å². The molecule has 3 aliphatic rings. The minimum atomic E-state index is -0.549. The highest BCUT2D eigenvalue weighted by molar-refractivity contribution is 8.27. The Bertz CT molecular complexity index is 1430. The first-order chi connectivity index (χ1) is 15.8. The zero-order valence-corrected chi connectivity index (χ0v) is 20.2. The van der Waals surface area contributed by atoms with Gasteiger partial charge in [0.15, 0.2) is 5.16 Å². The van der Waals surface area contributed by atoms with Crippen molar-refractivity contribution in [3.05, 3.63) is 64.6 Å².